The lowest BCUT2D eigenvalue weighted by Gasteiger charge is -2.14. The second-order valence-electron chi connectivity index (χ2n) is 4.79. The molecule has 0 spiro atoms. The molecule has 4 nitrogen and oxygen atoms in total. The summed E-state index contributed by atoms with van der Waals surface area (Å²) in [5, 5.41) is 3.91. The first-order valence-electron chi connectivity index (χ1n) is 6.35. The molecule has 0 amide bonds. The van der Waals surface area contributed by atoms with Gasteiger partial charge in [0.1, 0.15) is 5.69 Å². The monoisotopic (exact) mass is 243 g/mol. The van der Waals surface area contributed by atoms with E-state index in [1.54, 1.807) is 6.07 Å². The number of benzene rings is 1. The lowest BCUT2D eigenvalue weighted by atomic mass is 10.1. The number of hydrogen-bond donors (Lipinski definition) is 1. The van der Waals surface area contributed by atoms with E-state index in [9.17, 15) is 0 Å². The molecular weight excluding hydrogens is 226 g/mol. The molecule has 0 aliphatic carbocycles. The van der Waals surface area contributed by atoms with Gasteiger partial charge in [-0.05, 0) is 31.5 Å². The van der Waals surface area contributed by atoms with Gasteiger partial charge in [-0.3, -0.25) is 4.90 Å². The highest BCUT2D eigenvalue weighted by Crippen LogP contribution is 2.21. The Labute approximate surface area is 106 Å². The fourth-order valence-electron chi connectivity index (χ4n) is 2.41. The second-order valence-corrected chi connectivity index (χ2v) is 4.79. The average Bonchev–Trinajstić information content (AvgIpc) is 3.02. The zero-order valence-corrected chi connectivity index (χ0v) is 10.3. The molecule has 1 saturated heterocycles. The van der Waals surface area contributed by atoms with Gasteiger partial charge in [0.05, 0.1) is 0 Å². The Bertz CT molecular complexity index is 512. The third-order valence-electron chi connectivity index (χ3n) is 3.38. The molecule has 2 N–H and O–H groups in total. The number of anilines is 1. The van der Waals surface area contributed by atoms with E-state index in [0.29, 0.717) is 5.88 Å². The van der Waals surface area contributed by atoms with Crippen LogP contribution in [0.3, 0.4) is 0 Å². The van der Waals surface area contributed by atoms with Crippen molar-refractivity contribution >= 4 is 5.88 Å². The lowest BCUT2D eigenvalue weighted by Crippen LogP contribution is -2.18. The molecule has 4 heteroatoms. The minimum atomic E-state index is 0.353. The van der Waals surface area contributed by atoms with Gasteiger partial charge in [0.15, 0.2) is 0 Å². The summed E-state index contributed by atoms with van der Waals surface area (Å²) >= 11 is 0. The van der Waals surface area contributed by atoms with Crippen molar-refractivity contribution in [2.24, 2.45) is 0 Å². The molecule has 1 aliphatic heterocycles. The third kappa shape index (κ3) is 2.38. The van der Waals surface area contributed by atoms with Crippen LogP contribution in [0.4, 0.5) is 5.88 Å². The van der Waals surface area contributed by atoms with Crippen LogP contribution in [0.2, 0.25) is 0 Å². The standard InChI is InChI=1S/C14H17N3O/c15-14-9-13(16-18-14)12-5-3-11(4-6-12)10-17-7-1-2-8-17/h3-6,9H,1-2,7-8,10,15H2. The van der Waals surface area contributed by atoms with Crippen molar-refractivity contribution in [2.45, 2.75) is 19.4 Å². The van der Waals surface area contributed by atoms with E-state index in [4.69, 9.17) is 10.3 Å². The normalized spacial score (nSPS) is 16.2. The van der Waals surface area contributed by atoms with Gasteiger partial charge < -0.3 is 10.3 Å². The molecule has 2 heterocycles. The summed E-state index contributed by atoms with van der Waals surface area (Å²) in [7, 11) is 0. The minimum absolute atomic E-state index is 0.353. The summed E-state index contributed by atoms with van der Waals surface area (Å²) < 4.78 is 4.88. The first-order chi connectivity index (χ1) is 8.81. The van der Waals surface area contributed by atoms with E-state index in [1.807, 2.05) is 0 Å². The molecule has 1 aliphatic rings. The lowest BCUT2D eigenvalue weighted by molar-refractivity contribution is 0.331. The molecule has 1 aromatic carbocycles. The first-order valence-corrected chi connectivity index (χ1v) is 6.35. The Morgan fingerprint density at radius 1 is 1.17 bits per heavy atom. The van der Waals surface area contributed by atoms with Crippen molar-refractivity contribution in [1.82, 2.24) is 10.1 Å². The largest absolute Gasteiger partial charge is 0.368 e. The number of likely N-dealkylation sites (tertiary alicyclic amines) is 1. The van der Waals surface area contributed by atoms with Crippen LogP contribution < -0.4 is 5.73 Å². The maximum absolute atomic E-state index is 5.52. The summed E-state index contributed by atoms with van der Waals surface area (Å²) in [6, 6.07) is 10.2. The number of nitrogens with zero attached hydrogens (tertiary/aromatic N) is 2. The molecule has 94 valence electrons. The Hall–Kier alpha value is -1.81. The van der Waals surface area contributed by atoms with Gasteiger partial charge in [0.2, 0.25) is 5.88 Å². The quantitative estimate of drug-likeness (QED) is 0.900. The maximum atomic E-state index is 5.52. The smallest absolute Gasteiger partial charge is 0.222 e. The molecular formula is C14H17N3O. The molecule has 3 rings (SSSR count). The van der Waals surface area contributed by atoms with Crippen LogP contribution in [0, 0.1) is 0 Å². The van der Waals surface area contributed by atoms with E-state index in [-0.39, 0.29) is 0 Å². The van der Waals surface area contributed by atoms with Gasteiger partial charge in [-0.15, -0.1) is 0 Å². The highest BCUT2D eigenvalue weighted by molar-refractivity contribution is 5.61. The van der Waals surface area contributed by atoms with Crippen molar-refractivity contribution in [2.75, 3.05) is 18.8 Å². The minimum Gasteiger partial charge on any atom is -0.368 e. The van der Waals surface area contributed by atoms with Gasteiger partial charge >= 0.3 is 0 Å². The van der Waals surface area contributed by atoms with Crippen LogP contribution in [-0.4, -0.2) is 23.1 Å². The molecule has 0 atom stereocenters. The third-order valence-corrected chi connectivity index (χ3v) is 3.38. The zero-order valence-electron chi connectivity index (χ0n) is 10.3. The molecule has 18 heavy (non-hydrogen) atoms. The van der Waals surface area contributed by atoms with Gasteiger partial charge in [-0.2, -0.15) is 0 Å². The molecule has 0 unspecified atom stereocenters. The van der Waals surface area contributed by atoms with Crippen LogP contribution in [0.15, 0.2) is 34.9 Å². The topological polar surface area (TPSA) is 55.3 Å². The Morgan fingerprint density at radius 2 is 1.89 bits per heavy atom. The fourth-order valence-corrected chi connectivity index (χ4v) is 2.41. The van der Waals surface area contributed by atoms with Crippen molar-refractivity contribution in [3.05, 3.63) is 35.9 Å². The van der Waals surface area contributed by atoms with E-state index in [1.165, 1.54) is 31.5 Å². The van der Waals surface area contributed by atoms with E-state index in [0.717, 1.165) is 17.8 Å². The Morgan fingerprint density at radius 3 is 2.50 bits per heavy atom. The first kappa shape index (κ1) is 11.3. The number of nitrogens with two attached hydrogens (primary N) is 1. The fraction of sp³-hybridized carbons (Fsp3) is 0.357. The number of rotatable bonds is 3. The predicted octanol–water partition coefficient (Wildman–Crippen LogP) is 2.52. The van der Waals surface area contributed by atoms with E-state index in [2.05, 4.69) is 34.3 Å². The van der Waals surface area contributed by atoms with Gasteiger partial charge in [0.25, 0.3) is 0 Å². The van der Waals surface area contributed by atoms with E-state index >= 15 is 0 Å². The summed E-state index contributed by atoms with van der Waals surface area (Å²) in [6.45, 7) is 3.49. The van der Waals surface area contributed by atoms with Crippen LogP contribution in [0.5, 0.6) is 0 Å². The van der Waals surface area contributed by atoms with Crippen molar-refractivity contribution in [3.63, 3.8) is 0 Å². The average molecular weight is 243 g/mol. The molecule has 2 aromatic rings. The summed E-state index contributed by atoms with van der Waals surface area (Å²) in [5.74, 6) is 0.353. The Kier molecular flexibility index (Phi) is 3.02. The van der Waals surface area contributed by atoms with Crippen LogP contribution >= 0.6 is 0 Å². The van der Waals surface area contributed by atoms with Gasteiger partial charge in [-0.25, -0.2) is 0 Å². The van der Waals surface area contributed by atoms with Crippen molar-refractivity contribution < 1.29 is 4.52 Å². The van der Waals surface area contributed by atoms with Crippen LogP contribution in [0.25, 0.3) is 11.3 Å². The van der Waals surface area contributed by atoms with Gasteiger partial charge in [0, 0.05) is 18.2 Å². The Balaban J connectivity index is 1.72. The van der Waals surface area contributed by atoms with Crippen molar-refractivity contribution in [1.29, 1.82) is 0 Å². The zero-order chi connectivity index (χ0) is 12.4. The number of aromatic nitrogens is 1. The number of hydrogen-bond acceptors (Lipinski definition) is 4. The molecule has 1 aromatic heterocycles. The summed E-state index contributed by atoms with van der Waals surface area (Å²) in [5.41, 5.74) is 8.70. The van der Waals surface area contributed by atoms with E-state index < -0.39 is 0 Å². The second kappa shape index (κ2) is 4.82. The molecule has 0 saturated carbocycles. The van der Waals surface area contributed by atoms with Crippen molar-refractivity contribution in [3.8, 4) is 11.3 Å². The highest BCUT2D eigenvalue weighted by Gasteiger charge is 2.11. The molecule has 1 fully saturated rings. The van der Waals surface area contributed by atoms with Crippen LogP contribution in [-0.2, 0) is 6.54 Å². The summed E-state index contributed by atoms with van der Waals surface area (Å²) in [4.78, 5) is 2.49. The summed E-state index contributed by atoms with van der Waals surface area (Å²) in [6.07, 6.45) is 2.66. The predicted molar refractivity (Wildman–Crippen MR) is 70.9 cm³/mol. The van der Waals surface area contributed by atoms with Gasteiger partial charge in [-0.1, -0.05) is 29.4 Å². The molecule has 0 radical (unpaired) electrons. The number of nitrogen functional groups attached to an aromatic ring is 1. The maximum Gasteiger partial charge on any atom is 0.222 e. The highest BCUT2D eigenvalue weighted by atomic mass is 16.5. The van der Waals surface area contributed by atoms with Crippen LogP contribution in [0.1, 0.15) is 18.4 Å². The molecule has 0 bridgehead atoms. The SMILES string of the molecule is Nc1cc(-c2ccc(CN3CCCC3)cc2)no1.